The number of halogens is 1. The van der Waals surface area contributed by atoms with E-state index >= 15 is 0 Å². The summed E-state index contributed by atoms with van der Waals surface area (Å²) in [5.41, 5.74) is 6.13. The molecule has 0 aromatic heterocycles. The second-order valence-electron chi connectivity index (χ2n) is 5.59. The van der Waals surface area contributed by atoms with Gasteiger partial charge in [0.25, 0.3) is 0 Å². The first-order chi connectivity index (χ1) is 9.76. The summed E-state index contributed by atoms with van der Waals surface area (Å²) in [6.45, 7) is 4.52. The van der Waals surface area contributed by atoms with E-state index in [0.29, 0.717) is 0 Å². The van der Waals surface area contributed by atoms with E-state index in [0.717, 1.165) is 5.02 Å². The highest BCUT2D eigenvalue weighted by Gasteiger charge is 2.19. The van der Waals surface area contributed by atoms with Gasteiger partial charge in [-0.05, 0) is 66.5 Å². The van der Waals surface area contributed by atoms with Gasteiger partial charge in [-0.15, -0.1) is 0 Å². The molecule has 108 valence electrons. The molecule has 1 aromatic rings. The molecule has 0 bridgehead atoms. The van der Waals surface area contributed by atoms with Gasteiger partial charge in [-0.1, -0.05) is 56.5 Å². The molecule has 1 aliphatic rings. The van der Waals surface area contributed by atoms with Crippen molar-refractivity contribution in [3.8, 4) is 0 Å². The zero-order chi connectivity index (χ0) is 14.4. The fourth-order valence-corrected chi connectivity index (χ4v) is 3.06. The number of allylic oxidation sites excluding steroid dienone is 4. The summed E-state index contributed by atoms with van der Waals surface area (Å²) in [4.78, 5) is 0. The molecule has 0 nitrogen and oxygen atoms in total. The molecule has 20 heavy (non-hydrogen) atoms. The van der Waals surface area contributed by atoms with Crippen molar-refractivity contribution in [2.24, 2.45) is 0 Å². The van der Waals surface area contributed by atoms with Gasteiger partial charge in [-0.25, -0.2) is 0 Å². The summed E-state index contributed by atoms with van der Waals surface area (Å²) < 4.78 is 0. The molecule has 0 unspecified atom stereocenters. The van der Waals surface area contributed by atoms with Crippen LogP contribution in [0.1, 0.15) is 64.4 Å². The van der Waals surface area contributed by atoms with Crippen LogP contribution >= 0.6 is 11.6 Å². The van der Waals surface area contributed by atoms with Crippen molar-refractivity contribution in [2.75, 3.05) is 0 Å². The Labute approximate surface area is 128 Å². The summed E-state index contributed by atoms with van der Waals surface area (Å²) >= 11 is 6.01. The van der Waals surface area contributed by atoms with Gasteiger partial charge < -0.3 is 0 Å². The van der Waals surface area contributed by atoms with Crippen LogP contribution in [0.5, 0.6) is 0 Å². The van der Waals surface area contributed by atoms with Gasteiger partial charge in [0.15, 0.2) is 0 Å². The molecule has 1 heteroatoms. The molecule has 0 heterocycles. The number of rotatable bonds is 6. The normalized spacial score (nSPS) is 17.2. The summed E-state index contributed by atoms with van der Waals surface area (Å²) in [7, 11) is 0. The van der Waals surface area contributed by atoms with Crippen LogP contribution in [0.15, 0.2) is 41.5 Å². The predicted octanol–water partition coefficient (Wildman–Crippen LogP) is 6.80. The Morgan fingerprint density at radius 3 is 2.45 bits per heavy atom. The first kappa shape index (κ1) is 15.4. The number of hydrogen-bond donors (Lipinski definition) is 0. The molecule has 1 aromatic carbocycles. The van der Waals surface area contributed by atoms with Crippen LogP contribution in [0.25, 0.3) is 5.57 Å². The van der Waals surface area contributed by atoms with Crippen LogP contribution < -0.4 is 0 Å². The second kappa shape index (κ2) is 7.69. The molecule has 0 saturated heterocycles. The lowest BCUT2D eigenvalue weighted by Gasteiger charge is -2.09. The van der Waals surface area contributed by atoms with Crippen molar-refractivity contribution in [3.63, 3.8) is 0 Å². The maximum absolute atomic E-state index is 6.01. The maximum Gasteiger partial charge on any atom is 0.0406 e. The molecule has 0 fully saturated rings. The van der Waals surface area contributed by atoms with Crippen molar-refractivity contribution in [1.29, 1.82) is 0 Å². The summed E-state index contributed by atoms with van der Waals surface area (Å²) in [6, 6.07) is 8.36. The molecule has 0 aliphatic heterocycles. The SMILES string of the molecule is CCC/C=C1\CCC(c2ccc(Cl)cc2)=C1CCCC. The molecule has 0 N–H and O–H groups in total. The van der Waals surface area contributed by atoms with Gasteiger partial charge in [0, 0.05) is 5.02 Å². The topological polar surface area (TPSA) is 0 Å². The van der Waals surface area contributed by atoms with E-state index in [4.69, 9.17) is 11.6 Å². The minimum Gasteiger partial charge on any atom is -0.0843 e. The number of benzene rings is 1. The summed E-state index contributed by atoms with van der Waals surface area (Å²) in [6.07, 6.45) is 11.1. The largest absolute Gasteiger partial charge is 0.0843 e. The van der Waals surface area contributed by atoms with Crippen LogP contribution in [-0.4, -0.2) is 0 Å². The monoisotopic (exact) mass is 288 g/mol. The van der Waals surface area contributed by atoms with Crippen LogP contribution in [0.3, 0.4) is 0 Å². The lowest BCUT2D eigenvalue weighted by Crippen LogP contribution is -1.89. The van der Waals surface area contributed by atoms with E-state index in [1.165, 1.54) is 50.5 Å². The Morgan fingerprint density at radius 2 is 1.80 bits per heavy atom. The summed E-state index contributed by atoms with van der Waals surface area (Å²) in [5, 5.41) is 0.823. The molecular weight excluding hydrogens is 264 g/mol. The Kier molecular flexibility index (Phi) is 5.91. The molecule has 2 rings (SSSR count). The van der Waals surface area contributed by atoms with Crippen LogP contribution in [0.2, 0.25) is 5.02 Å². The molecular formula is C19H25Cl. The van der Waals surface area contributed by atoms with E-state index in [1.54, 1.807) is 16.7 Å². The Morgan fingerprint density at radius 1 is 1.05 bits per heavy atom. The smallest absolute Gasteiger partial charge is 0.0406 e. The van der Waals surface area contributed by atoms with Crippen LogP contribution in [0, 0.1) is 0 Å². The van der Waals surface area contributed by atoms with Crippen LogP contribution in [-0.2, 0) is 0 Å². The second-order valence-corrected chi connectivity index (χ2v) is 6.02. The predicted molar refractivity (Wildman–Crippen MR) is 90.1 cm³/mol. The Hall–Kier alpha value is -1.01. The average molecular weight is 289 g/mol. The zero-order valence-corrected chi connectivity index (χ0v) is 13.5. The summed E-state index contributed by atoms with van der Waals surface area (Å²) in [5.74, 6) is 0. The van der Waals surface area contributed by atoms with Crippen molar-refractivity contribution in [3.05, 3.63) is 52.1 Å². The lowest BCUT2D eigenvalue weighted by atomic mass is 9.96. The standard InChI is InChI=1S/C19H25Cl/c1-3-5-7-15-11-14-19(18(15)8-6-4-2)16-9-12-17(20)13-10-16/h7,9-10,12-13H,3-6,8,11,14H2,1-2H3/b15-7+. The highest BCUT2D eigenvalue weighted by atomic mass is 35.5. The van der Waals surface area contributed by atoms with Gasteiger partial charge >= 0.3 is 0 Å². The van der Waals surface area contributed by atoms with Crippen molar-refractivity contribution >= 4 is 17.2 Å². The first-order valence-corrected chi connectivity index (χ1v) is 8.31. The Balaban J connectivity index is 2.31. The third-order valence-electron chi connectivity index (χ3n) is 4.05. The van der Waals surface area contributed by atoms with E-state index in [1.807, 2.05) is 12.1 Å². The van der Waals surface area contributed by atoms with Gasteiger partial charge in [-0.2, -0.15) is 0 Å². The van der Waals surface area contributed by atoms with E-state index in [-0.39, 0.29) is 0 Å². The van der Waals surface area contributed by atoms with E-state index in [9.17, 15) is 0 Å². The van der Waals surface area contributed by atoms with Gasteiger partial charge in [0.2, 0.25) is 0 Å². The van der Waals surface area contributed by atoms with E-state index in [2.05, 4.69) is 32.1 Å². The molecule has 0 spiro atoms. The van der Waals surface area contributed by atoms with Gasteiger partial charge in [0.05, 0.1) is 0 Å². The van der Waals surface area contributed by atoms with Crippen molar-refractivity contribution in [2.45, 2.75) is 58.8 Å². The average Bonchev–Trinajstić information content (AvgIpc) is 2.86. The van der Waals surface area contributed by atoms with Crippen molar-refractivity contribution in [1.82, 2.24) is 0 Å². The fraction of sp³-hybridized carbons (Fsp3) is 0.474. The molecule has 1 aliphatic carbocycles. The lowest BCUT2D eigenvalue weighted by molar-refractivity contribution is 0.791. The molecule has 0 saturated carbocycles. The Bertz CT molecular complexity index is 491. The third kappa shape index (κ3) is 3.76. The third-order valence-corrected chi connectivity index (χ3v) is 4.30. The first-order valence-electron chi connectivity index (χ1n) is 7.93. The highest BCUT2D eigenvalue weighted by molar-refractivity contribution is 6.30. The van der Waals surface area contributed by atoms with Crippen LogP contribution in [0.4, 0.5) is 0 Å². The number of unbranched alkanes of at least 4 members (excludes halogenated alkanes) is 2. The van der Waals surface area contributed by atoms with Gasteiger partial charge in [0.1, 0.15) is 0 Å². The van der Waals surface area contributed by atoms with E-state index < -0.39 is 0 Å². The van der Waals surface area contributed by atoms with Crippen molar-refractivity contribution < 1.29 is 0 Å². The zero-order valence-electron chi connectivity index (χ0n) is 12.7. The maximum atomic E-state index is 6.01. The highest BCUT2D eigenvalue weighted by Crippen LogP contribution is 2.40. The quantitative estimate of drug-likeness (QED) is 0.540. The minimum absolute atomic E-state index is 0.823. The molecule has 0 atom stereocenters. The molecule has 0 amide bonds. The minimum atomic E-state index is 0.823. The fourth-order valence-electron chi connectivity index (χ4n) is 2.93. The van der Waals surface area contributed by atoms with Gasteiger partial charge in [-0.3, -0.25) is 0 Å². The molecule has 0 radical (unpaired) electrons. The number of hydrogen-bond acceptors (Lipinski definition) is 0.